The Labute approximate surface area is 129 Å². The Balaban J connectivity index is 1.55. The van der Waals surface area contributed by atoms with Crippen LogP contribution in [0.4, 0.5) is 4.39 Å². The summed E-state index contributed by atoms with van der Waals surface area (Å²) in [5.41, 5.74) is 0.720. The van der Waals surface area contributed by atoms with E-state index in [0.29, 0.717) is 5.92 Å². The molecule has 0 aliphatic carbocycles. The Hall–Kier alpha value is -2.17. The van der Waals surface area contributed by atoms with Gasteiger partial charge in [0.25, 0.3) is 0 Å². The third-order valence-electron chi connectivity index (χ3n) is 4.23. The van der Waals surface area contributed by atoms with Gasteiger partial charge < -0.3 is 9.47 Å². The molecule has 0 bridgehead atoms. The molecule has 2 aromatic rings. The minimum absolute atomic E-state index is 0.0297. The summed E-state index contributed by atoms with van der Waals surface area (Å²) in [7, 11) is 1.82. The second kappa shape index (κ2) is 6.30. The number of carbonyl (C=O) groups is 1. The molecule has 0 spiro atoms. The summed E-state index contributed by atoms with van der Waals surface area (Å²) in [5, 5.41) is 0. The third kappa shape index (κ3) is 3.35. The normalized spacial score (nSPS) is 17.1. The number of halogens is 1. The first kappa shape index (κ1) is 14.8. The SMILES string of the molecule is CN(C[C@H]1CCc2nccn2C1)C(=O)Cc1cccc(F)c1. The number of hydrogen-bond donors (Lipinski definition) is 0. The number of fused-ring (bicyclic) bond motifs is 1. The van der Waals surface area contributed by atoms with Crippen molar-refractivity contribution in [3.63, 3.8) is 0 Å². The zero-order chi connectivity index (χ0) is 15.5. The highest BCUT2D eigenvalue weighted by Gasteiger charge is 2.21. The Morgan fingerprint density at radius 1 is 1.50 bits per heavy atom. The summed E-state index contributed by atoms with van der Waals surface area (Å²) in [6, 6.07) is 6.24. The van der Waals surface area contributed by atoms with E-state index >= 15 is 0 Å². The molecule has 0 fully saturated rings. The van der Waals surface area contributed by atoms with Crippen LogP contribution in [0.1, 0.15) is 17.8 Å². The van der Waals surface area contributed by atoms with Crippen LogP contribution in [-0.2, 0) is 24.2 Å². The van der Waals surface area contributed by atoms with Crippen molar-refractivity contribution in [3.8, 4) is 0 Å². The monoisotopic (exact) mass is 301 g/mol. The predicted molar refractivity (Wildman–Crippen MR) is 81.8 cm³/mol. The molecule has 0 unspecified atom stereocenters. The van der Waals surface area contributed by atoms with Crippen LogP contribution in [0.5, 0.6) is 0 Å². The zero-order valence-corrected chi connectivity index (χ0v) is 12.7. The lowest BCUT2D eigenvalue weighted by Crippen LogP contribution is -2.36. The summed E-state index contributed by atoms with van der Waals surface area (Å²) < 4.78 is 15.3. The summed E-state index contributed by atoms with van der Waals surface area (Å²) in [4.78, 5) is 18.4. The van der Waals surface area contributed by atoms with Gasteiger partial charge in [-0.1, -0.05) is 12.1 Å². The van der Waals surface area contributed by atoms with Crippen LogP contribution in [0, 0.1) is 11.7 Å². The van der Waals surface area contributed by atoms with Crippen molar-refractivity contribution < 1.29 is 9.18 Å². The van der Waals surface area contributed by atoms with E-state index in [9.17, 15) is 9.18 Å². The van der Waals surface area contributed by atoms with Crippen LogP contribution in [0.3, 0.4) is 0 Å². The molecule has 2 heterocycles. The Bertz CT molecular complexity index is 667. The smallest absolute Gasteiger partial charge is 0.226 e. The van der Waals surface area contributed by atoms with Crippen LogP contribution < -0.4 is 0 Å². The number of aromatic nitrogens is 2. The molecule has 0 saturated carbocycles. The molecular formula is C17H20FN3O. The van der Waals surface area contributed by atoms with Gasteiger partial charge >= 0.3 is 0 Å². The van der Waals surface area contributed by atoms with Gasteiger partial charge in [0.15, 0.2) is 0 Å². The van der Waals surface area contributed by atoms with Gasteiger partial charge in [-0.25, -0.2) is 9.37 Å². The standard InChI is InChI=1S/C17H20FN3O/c1-20(17(22)10-13-3-2-4-15(18)9-13)11-14-5-6-16-19-7-8-21(16)12-14/h2-4,7-9,14H,5-6,10-12H2,1H3/t14-/m1/s1. The van der Waals surface area contributed by atoms with Crippen molar-refractivity contribution in [2.45, 2.75) is 25.8 Å². The second-order valence-electron chi connectivity index (χ2n) is 5.98. The number of likely N-dealkylation sites (N-methyl/N-ethyl adjacent to an activating group) is 1. The molecule has 1 aromatic carbocycles. The molecule has 1 atom stereocenters. The maximum Gasteiger partial charge on any atom is 0.226 e. The Morgan fingerprint density at radius 2 is 2.36 bits per heavy atom. The van der Waals surface area contributed by atoms with Gasteiger partial charge in [0.1, 0.15) is 11.6 Å². The van der Waals surface area contributed by atoms with E-state index in [1.807, 2.05) is 19.4 Å². The van der Waals surface area contributed by atoms with E-state index in [4.69, 9.17) is 0 Å². The minimum Gasteiger partial charge on any atom is -0.345 e. The first-order valence-electron chi connectivity index (χ1n) is 7.60. The topological polar surface area (TPSA) is 38.1 Å². The molecule has 116 valence electrons. The molecule has 0 radical (unpaired) electrons. The molecule has 0 saturated heterocycles. The molecule has 4 nitrogen and oxygen atoms in total. The lowest BCUT2D eigenvalue weighted by Gasteiger charge is -2.28. The lowest BCUT2D eigenvalue weighted by molar-refractivity contribution is -0.129. The van der Waals surface area contributed by atoms with Crippen molar-refractivity contribution in [1.29, 1.82) is 0 Å². The fourth-order valence-corrected chi connectivity index (χ4v) is 3.03. The number of imidazole rings is 1. The van der Waals surface area contributed by atoms with Gasteiger partial charge in [-0.2, -0.15) is 0 Å². The third-order valence-corrected chi connectivity index (χ3v) is 4.23. The van der Waals surface area contributed by atoms with E-state index in [1.165, 1.54) is 12.1 Å². The van der Waals surface area contributed by atoms with Crippen molar-refractivity contribution in [3.05, 3.63) is 53.9 Å². The van der Waals surface area contributed by atoms with Crippen LogP contribution in [0.25, 0.3) is 0 Å². The predicted octanol–water partition coefficient (Wildman–Crippen LogP) is 2.29. The average Bonchev–Trinajstić information content (AvgIpc) is 2.94. The Morgan fingerprint density at radius 3 is 3.18 bits per heavy atom. The summed E-state index contributed by atoms with van der Waals surface area (Å²) in [6.07, 6.45) is 6.09. The van der Waals surface area contributed by atoms with E-state index < -0.39 is 0 Å². The Kier molecular flexibility index (Phi) is 4.22. The molecule has 0 N–H and O–H groups in total. The van der Waals surface area contributed by atoms with E-state index in [-0.39, 0.29) is 18.1 Å². The quantitative estimate of drug-likeness (QED) is 0.869. The van der Waals surface area contributed by atoms with Gasteiger partial charge in [0, 0.05) is 39.0 Å². The maximum atomic E-state index is 13.2. The van der Waals surface area contributed by atoms with Crippen molar-refractivity contribution in [2.75, 3.05) is 13.6 Å². The van der Waals surface area contributed by atoms with Gasteiger partial charge in [-0.15, -0.1) is 0 Å². The van der Waals surface area contributed by atoms with Gasteiger partial charge in [0.05, 0.1) is 6.42 Å². The molecule has 3 rings (SSSR count). The fourth-order valence-electron chi connectivity index (χ4n) is 3.03. The molecular weight excluding hydrogens is 281 g/mol. The van der Waals surface area contributed by atoms with E-state index in [2.05, 4.69) is 9.55 Å². The number of nitrogens with zero attached hydrogens (tertiary/aromatic N) is 3. The molecule has 22 heavy (non-hydrogen) atoms. The van der Waals surface area contributed by atoms with Crippen LogP contribution in [0.15, 0.2) is 36.7 Å². The molecule has 5 heteroatoms. The van der Waals surface area contributed by atoms with Crippen molar-refractivity contribution in [1.82, 2.24) is 14.5 Å². The van der Waals surface area contributed by atoms with Crippen LogP contribution in [-0.4, -0.2) is 34.0 Å². The highest BCUT2D eigenvalue weighted by Crippen LogP contribution is 2.19. The van der Waals surface area contributed by atoms with E-state index in [0.717, 1.165) is 37.3 Å². The van der Waals surface area contributed by atoms with Crippen LogP contribution in [0.2, 0.25) is 0 Å². The van der Waals surface area contributed by atoms with Crippen molar-refractivity contribution >= 4 is 5.91 Å². The lowest BCUT2D eigenvalue weighted by atomic mass is 9.98. The van der Waals surface area contributed by atoms with Gasteiger partial charge in [-0.3, -0.25) is 4.79 Å². The summed E-state index contributed by atoms with van der Waals surface area (Å²) >= 11 is 0. The van der Waals surface area contributed by atoms with Crippen molar-refractivity contribution in [2.24, 2.45) is 5.92 Å². The minimum atomic E-state index is -0.298. The fraction of sp³-hybridized carbons (Fsp3) is 0.412. The number of carbonyl (C=O) groups excluding carboxylic acids is 1. The molecule has 1 aliphatic rings. The number of rotatable bonds is 4. The van der Waals surface area contributed by atoms with E-state index in [1.54, 1.807) is 17.0 Å². The average molecular weight is 301 g/mol. The molecule has 1 aliphatic heterocycles. The summed E-state index contributed by atoms with van der Waals surface area (Å²) in [6.45, 7) is 1.64. The van der Waals surface area contributed by atoms with Crippen LogP contribution >= 0.6 is 0 Å². The largest absolute Gasteiger partial charge is 0.345 e. The van der Waals surface area contributed by atoms with Gasteiger partial charge in [0.2, 0.25) is 5.91 Å². The number of hydrogen-bond acceptors (Lipinski definition) is 2. The first-order valence-corrected chi connectivity index (χ1v) is 7.60. The number of benzene rings is 1. The molecule has 1 aromatic heterocycles. The number of amides is 1. The zero-order valence-electron chi connectivity index (χ0n) is 12.7. The number of aryl methyl sites for hydroxylation is 1. The highest BCUT2D eigenvalue weighted by atomic mass is 19.1. The van der Waals surface area contributed by atoms with Gasteiger partial charge in [-0.05, 0) is 30.0 Å². The molecule has 1 amide bonds. The maximum absolute atomic E-state index is 13.2. The second-order valence-corrected chi connectivity index (χ2v) is 5.98. The highest BCUT2D eigenvalue weighted by molar-refractivity contribution is 5.78. The summed E-state index contributed by atoms with van der Waals surface area (Å²) in [5.74, 6) is 1.31. The first-order chi connectivity index (χ1) is 10.6.